The molecule has 3 rings (SSSR count). The summed E-state index contributed by atoms with van der Waals surface area (Å²) in [6, 6.07) is 10.0. The molecule has 0 unspecified atom stereocenters. The summed E-state index contributed by atoms with van der Waals surface area (Å²) in [4.78, 5) is 30.8. The largest absolute Gasteiger partial charge is 0.336 e. The molecule has 5 nitrogen and oxygen atoms in total. The van der Waals surface area contributed by atoms with Crippen LogP contribution < -0.4 is 5.56 Å². The molecule has 1 aromatic heterocycles. The predicted molar refractivity (Wildman–Crippen MR) is 89.4 cm³/mol. The molecule has 1 aliphatic rings. The normalized spacial score (nSPS) is 15.5. The van der Waals surface area contributed by atoms with Crippen LogP contribution in [0, 0.1) is 12.7 Å². The third-order valence-corrected chi connectivity index (χ3v) is 4.30. The van der Waals surface area contributed by atoms with Crippen molar-refractivity contribution in [2.75, 3.05) is 26.2 Å². The van der Waals surface area contributed by atoms with Crippen LogP contribution in [-0.4, -0.2) is 46.9 Å². The second-order valence-electron chi connectivity index (χ2n) is 6.04. The molecule has 0 spiro atoms. The average molecular weight is 329 g/mol. The summed E-state index contributed by atoms with van der Waals surface area (Å²) in [6.45, 7) is 4.67. The Kier molecular flexibility index (Phi) is 4.76. The van der Waals surface area contributed by atoms with E-state index < -0.39 is 0 Å². The number of rotatable bonds is 3. The monoisotopic (exact) mass is 329 g/mol. The number of benzene rings is 1. The van der Waals surface area contributed by atoms with E-state index in [1.807, 2.05) is 6.07 Å². The Labute approximate surface area is 139 Å². The van der Waals surface area contributed by atoms with E-state index in [2.05, 4.69) is 9.88 Å². The highest BCUT2D eigenvalue weighted by atomic mass is 19.1. The van der Waals surface area contributed by atoms with Crippen molar-refractivity contribution in [2.45, 2.75) is 13.5 Å². The number of pyridine rings is 1. The van der Waals surface area contributed by atoms with Gasteiger partial charge in [-0.15, -0.1) is 0 Å². The first-order chi connectivity index (χ1) is 11.5. The van der Waals surface area contributed by atoms with Gasteiger partial charge in [-0.2, -0.15) is 0 Å². The van der Waals surface area contributed by atoms with Gasteiger partial charge in [0.2, 0.25) is 0 Å². The average Bonchev–Trinajstić information content (AvgIpc) is 2.57. The van der Waals surface area contributed by atoms with E-state index >= 15 is 0 Å². The zero-order valence-corrected chi connectivity index (χ0v) is 13.6. The van der Waals surface area contributed by atoms with E-state index in [-0.39, 0.29) is 22.8 Å². The maximum absolute atomic E-state index is 13.7. The second kappa shape index (κ2) is 6.97. The highest BCUT2D eigenvalue weighted by molar-refractivity contribution is 5.93. The van der Waals surface area contributed by atoms with Crippen LogP contribution in [0.25, 0.3) is 0 Å². The highest BCUT2D eigenvalue weighted by Crippen LogP contribution is 2.13. The number of nitrogens with one attached hydrogen (secondary N) is 1. The molecule has 2 heterocycles. The Morgan fingerprint density at radius 2 is 1.83 bits per heavy atom. The molecular weight excluding hydrogens is 309 g/mol. The Balaban J connectivity index is 1.61. The molecule has 1 amide bonds. The standard InChI is InChI=1S/C18H20FN3O2/c1-13-6-7-15(17(23)20-13)18(24)22-10-8-21(9-11-22)12-14-4-2-3-5-16(14)19/h2-7H,8-12H2,1H3,(H,20,23). The number of carbonyl (C=O) groups is 1. The number of aromatic nitrogens is 1. The fourth-order valence-electron chi connectivity index (χ4n) is 2.89. The Hall–Kier alpha value is -2.47. The molecule has 0 radical (unpaired) electrons. The van der Waals surface area contributed by atoms with Crippen LogP contribution in [0.15, 0.2) is 41.2 Å². The lowest BCUT2D eigenvalue weighted by Gasteiger charge is -2.34. The number of hydrogen-bond acceptors (Lipinski definition) is 3. The summed E-state index contributed by atoms with van der Waals surface area (Å²) >= 11 is 0. The number of hydrogen-bond donors (Lipinski definition) is 1. The van der Waals surface area contributed by atoms with Crippen molar-refractivity contribution in [3.8, 4) is 0 Å². The molecular formula is C18H20FN3O2. The van der Waals surface area contributed by atoms with Gasteiger partial charge >= 0.3 is 0 Å². The minimum Gasteiger partial charge on any atom is -0.336 e. The van der Waals surface area contributed by atoms with Gasteiger partial charge < -0.3 is 9.88 Å². The molecule has 1 saturated heterocycles. The maximum Gasteiger partial charge on any atom is 0.260 e. The van der Waals surface area contributed by atoms with Crippen LogP contribution in [0.2, 0.25) is 0 Å². The summed E-state index contributed by atoms with van der Waals surface area (Å²) in [5, 5.41) is 0. The summed E-state index contributed by atoms with van der Waals surface area (Å²) in [5.74, 6) is -0.455. The fourth-order valence-corrected chi connectivity index (χ4v) is 2.89. The lowest BCUT2D eigenvalue weighted by molar-refractivity contribution is 0.0625. The lowest BCUT2D eigenvalue weighted by Crippen LogP contribution is -2.49. The molecule has 1 N–H and O–H groups in total. The summed E-state index contributed by atoms with van der Waals surface area (Å²) < 4.78 is 13.7. The van der Waals surface area contributed by atoms with E-state index in [1.54, 1.807) is 36.1 Å². The zero-order valence-electron chi connectivity index (χ0n) is 13.6. The second-order valence-corrected chi connectivity index (χ2v) is 6.04. The zero-order chi connectivity index (χ0) is 17.1. The Morgan fingerprint density at radius 1 is 1.12 bits per heavy atom. The molecule has 0 atom stereocenters. The van der Waals surface area contributed by atoms with Crippen LogP contribution in [0.1, 0.15) is 21.6 Å². The minimum atomic E-state index is -0.353. The number of aromatic amines is 1. The molecule has 0 aliphatic carbocycles. The molecule has 126 valence electrons. The van der Waals surface area contributed by atoms with Crippen molar-refractivity contribution < 1.29 is 9.18 Å². The van der Waals surface area contributed by atoms with Crippen LogP contribution in [0.4, 0.5) is 4.39 Å². The first-order valence-electron chi connectivity index (χ1n) is 7.99. The number of nitrogens with zero attached hydrogens (tertiary/aromatic N) is 2. The van der Waals surface area contributed by atoms with Gasteiger partial charge in [0.15, 0.2) is 0 Å². The third kappa shape index (κ3) is 3.54. The van der Waals surface area contributed by atoms with Gasteiger partial charge in [0.1, 0.15) is 11.4 Å². The van der Waals surface area contributed by atoms with Crippen LogP contribution in [-0.2, 0) is 6.54 Å². The third-order valence-electron chi connectivity index (χ3n) is 4.30. The molecule has 2 aromatic rings. The maximum atomic E-state index is 13.7. The first kappa shape index (κ1) is 16.4. The van der Waals surface area contributed by atoms with Gasteiger partial charge in [-0.3, -0.25) is 14.5 Å². The molecule has 1 aliphatic heterocycles. The lowest BCUT2D eigenvalue weighted by atomic mass is 10.1. The van der Waals surface area contributed by atoms with Crippen molar-refractivity contribution in [1.29, 1.82) is 0 Å². The van der Waals surface area contributed by atoms with Gasteiger partial charge in [0, 0.05) is 44.0 Å². The van der Waals surface area contributed by atoms with Crippen molar-refractivity contribution in [3.05, 3.63) is 69.4 Å². The topological polar surface area (TPSA) is 56.4 Å². The smallest absolute Gasteiger partial charge is 0.260 e. The van der Waals surface area contributed by atoms with Gasteiger partial charge in [0.25, 0.3) is 11.5 Å². The Bertz CT molecular complexity index is 795. The Morgan fingerprint density at radius 3 is 2.50 bits per heavy atom. The van der Waals surface area contributed by atoms with Gasteiger partial charge in [-0.05, 0) is 25.1 Å². The van der Waals surface area contributed by atoms with E-state index in [9.17, 15) is 14.0 Å². The van der Waals surface area contributed by atoms with Crippen LogP contribution in [0.5, 0.6) is 0 Å². The van der Waals surface area contributed by atoms with E-state index in [0.29, 0.717) is 38.3 Å². The first-order valence-corrected chi connectivity index (χ1v) is 7.99. The van der Waals surface area contributed by atoms with Gasteiger partial charge in [-0.1, -0.05) is 18.2 Å². The molecule has 0 bridgehead atoms. The van der Waals surface area contributed by atoms with Crippen molar-refractivity contribution >= 4 is 5.91 Å². The van der Waals surface area contributed by atoms with E-state index in [4.69, 9.17) is 0 Å². The summed E-state index contributed by atoms with van der Waals surface area (Å²) in [5.41, 5.74) is 1.20. The molecule has 1 fully saturated rings. The number of amides is 1. The van der Waals surface area contributed by atoms with Crippen molar-refractivity contribution in [2.24, 2.45) is 0 Å². The SMILES string of the molecule is Cc1ccc(C(=O)N2CCN(Cc3ccccc3F)CC2)c(=O)[nH]1. The van der Waals surface area contributed by atoms with Crippen LogP contribution >= 0.6 is 0 Å². The number of piperazine rings is 1. The molecule has 24 heavy (non-hydrogen) atoms. The predicted octanol–water partition coefficient (Wildman–Crippen LogP) is 1.78. The van der Waals surface area contributed by atoms with E-state index in [0.717, 1.165) is 5.69 Å². The molecule has 0 saturated carbocycles. The minimum absolute atomic E-state index is 0.170. The number of carbonyl (C=O) groups excluding carboxylic acids is 1. The molecule has 1 aromatic carbocycles. The number of halogens is 1. The fraction of sp³-hybridized carbons (Fsp3) is 0.333. The van der Waals surface area contributed by atoms with Gasteiger partial charge in [-0.25, -0.2) is 4.39 Å². The van der Waals surface area contributed by atoms with E-state index in [1.165, 1.54) is 6.07 Å². The van der Waals surface area contributed by atoms with Crippen LogP contribution in [0.3, 0.4) is 0 Å². The summed E-state index contributed by atoms with van der Waals surface area (Å²) in [6.07, 6.45) is 0. The highest BCUT2D eigenvalue weighted by Gasteiger charge is 2.24. The van der Waals surface area contributed by atoms with Crippen molar-refractivity contribution in [1.82, 2.24) is 14.8 Å². The quantitative estimate of drug-likeness (QED) is 0.934. The van der Waals surface area contributed by atoms with Gasteiger partial charge in [0.05, 0.1) is 0 Å². The number of aryl methyl sites for hydroxylation is 1. The summed E-state index contributed by atoms with van der Waals surface area (Å²) in [7, 11) is 0. The van der Waals surface area contributed by atoms with Crippen molar-refractivity contribution in [3.63, 3.8) is 0 Å². The molecule has 6 heteroatoms. The number of H-pyrrole nitrogens is 1.